The summed E-state index contributed by atoms with van der Waals surface area (Å²) in [6.45, 7) is 0. The molecule has 0 saturated carbocycles. The molecule has 0 aromatic rings. The Morgan fingerprint density at radius 3 is 0.0917 bits per heavy atom. The first-order valence-electron chi connectivity index (χ1n) is 17.0. The van der Waals surface area contributed by atoms with Crippen LogP contribution >= 0.6 is 1600 Å². The number of rotatable bonds is 58. The maximum absolute atomic E-state index is 3.50. The van der Waals surface area contributed by atoms with Gasteiger partial charge in [0, 0.05) is 0 Å². The monoisotopic (exact) mass is 15200 g/mol. The average Bonchev–Trinajstić information content (AvgIpc) is 0.822. The standard InChI is InChI=1S/I120/c1-62(2)64(5)66(7)68(9)70(11)72(13)74(15)76(17)78(19)80(21)82(23)84(25)86(27)88(29)90(31)92(33)94(35)96(37)98(39)100(41)102(43)104(45)106(47)108(49)110(51)112(53)114(55)116(57)118(59)120(61)119(60)117(58)115(56)113(54)111(52)109(50)107(48)105(46)103(44)101(42)99(40)97(38)95(36)93(34)91(32)89(30)87(28)85(26)83(24)81(22)79(20)77(18)75(16)73(14)71(12)69(10)67(8)65(6)63(3)4. The van der Waals surface area contributed by atoms with Gasteiger partial charge < -0.3 is 0 Å². The Hall–Kier alpha value is 87.6. The Balaban J connectivity index is 5.96. The van der Waals surface area contributed by atoms with E-state index < -0.39 is 466 Å². The van der Waals surface area contributed by atoms with Crippen LogP contribution in [-0.4, -0.2) is 0 Å². The first-order chi connectivity index (χ1) is 54.6. The van der Waals surface area contributed by atoms with Gasteiger partial charge in [-0.05, 0) is 0 Å². The molecule has 0 atom stereocenters. The number of halogens is 120. The molecule has 0 nitrogen and oxygen atoms in total. The van der Waals surface area contributed by atoms with Crippen LogP contribution in [0.25, 0.3) is 0 Å². The Morgan fingerprint density at radius 1 is 0.0417 bits per heavy atom. The Bertz CT molecular complexity index is 2380. The molecule has 0 aromatic heterocycles. The Morgan fingerprint density at radius 2 is 0.0667 bits per heavy atom. The van der Waals surface area contributed by atoms with Gasteiger partial charge in [-0.1, -0.05) is 0 Å². The van der Waals surface area contributed by atoms with E-state index in [1.165, 1.54) is 0 Å². The molecule has 120 heteroatoms. The quantitative estimate of drug-likeness (QED) is 0.0533. The molecular weight excluding hydrogens is 15200 g/mol. The van der Waals surface area contributed by atoms with E-state index in [4.69, 9.17) is 0 Å². The van der Waals surface area contributed by atoms with Crippen molar-refractivity contribution in [1.82, 2.24) is 0 Å². The van der Waals surface area contributed by atoms with Gasteiger partial charge in [-0.15, -0.1) is 0 Å². The van der Waals surface area contributed by atoms with E-state index >= 15 is 0 Å². The van der Waals surface area contributed by atoms with Gasteiger partial charge in [0.15, 0.2) is 0 Å². The molecule has 0 aromatic carbocycles. The molecule has 0 rings (SSSR count). The van der Waals surface area contributed by atoms with Crippen molar-refractivity contribution >= 4 is 1600 Å². The van der Waals surface area contributed by atoms with Crippen molar-refractivity contribution in [2.45, 2.75) is 0 Å². The second-order valence-corrected chi connectivity index (χ2v) is 2880. The SMILES string of the molecule is II(I)I(I)I(I)I(I)I(I)I(I)I(I)I(I)I(I)I(I)I(I)I(I)I(I)I(I)I(I)I(I)I(I)I(I)I(I)I(I)I(I)I(I)I(I)I(I)I(I)I(I)I(I)I(I)I(I)I(I)I(I)I(I)I(I)I(I)I(I)I(I)I(I)I(I)I(I)I(I)I(I)I(I)I(I)I(I)I(I)I(I)I(I)I(I)I(I)I(I)I(I)I(I)I(I)I(I)I(I)I(I)I(I)I(I)I(I)I. The summed E-state index contributed by atoms with van der Waals surface area (Å²) in [5.41, 5.74) is 0. The molecule has 0 N–H and O–H groups in total. The fourth-order valence-corrected chi connectivity index (χ4v) is 23900. The molecule has 0 spiro atoms. The van der Waals surface area contributed by atoms with Crippen LogP contribution < -0.4 is 0 Å². The van der Waals surface area contributed by atoms with E-state index in [0.29, 0.717) is 0 Å². The minimum atomic E-state index is -0.676. The van der Waals surface area contributed by atoms with E-state index in [0.717, 1.165) is 0 Å². The molecule has 0 aliphatic carbocycles. The summed E-state index contributed by atoms with van der Waals surface area (Å²) in [6, 6.07) is 0. The van der Waals surface area contributed by atoms with Gasteiger partial charge >= 0.3 is 1600 Å². The summed E-state index contributed by atoms with van der Waals surface area (Å²) < 4.78 is 0. The van der Waals surface area contributed by atoms with Crippen LogP contribution in [0.2, 0.25) is 0 Å². The molecule has 0 saturated heterocycles. The van der Waals surface area contributed by atoms with Gasteiger partial charge in [-0.2, -0.15) is 0 Å². The zero-order valence-corrected chi connectivity index (χ0v) is 304. The molecule has 120 heavy (non-hydrogen) atoms. The molecular formula is I120. The van der Waals surface area contributed by atoms with Gasteiger partial charge in [-0.25, -0.2) is 0 Å². The van der Waals surface area contributed by atoms with Gasteiger partial charge in [0.25, 0.3) is 0 Å². The van der Waals surface area contributed by atoms with Crippen LogP contribution in [-0.2, 0) is 0 Å². The molecule has 0 amide bonds. The van der Waals surface area contributed by atoms with Crippen molar-refractivity contribution in [3.05, 3.63) is 0 Å². The van der Waals surface area contributed by atoms with Crippen molar-refractivity contribution in [3.63, 3.8) is 0 Å². The first kappa shape index (κ1) is 208. The van der Waals surface area contributed by atoms with Crippen molar-refractivity contribution in [2.24, 2.45) is 0 Å². The third-order valence-electron chi connectivity index (χ3n) is 4.73. The minimum absolute atomic E-state index is 0.496. The summed E-state index contributed by atoms with van der Waals surface area (Å²) in [4.78, 5) is 0. The molecule has 0 aliphatic rings. The van der Waals surface area contributed by atoms with Crippen LogP contribution in [0, 0.1) is 0 Å². The summed E-state index contributed by atoms with van der Waals surface area (Å²) in [5, 5.41) is 0. The van der Waals surface area contributed by atoms with Crippen molar-refractivity contribution < 1.29 is 0 Å². The van der Waals surface area contributed by atoms with Crippen LogP contribution in [0.4, 0.5) is 0 Å². The fourth-order valence-electron chi connectivity index (χ4n) is 1.76. The molecule has 0 unspecified atom stereocenters. The Kier molecular flexibility index (Phi) is 216. The maximum atomic E-state index is 3.50. The molecule has 0 aliphatic heterocycles. The number of hydrogen-bond acceptors (Lipinski definition) is 0. The van der Waals surface area contributed by atoms with Crippen LogP contribution in [0.3, 0.4) is 0 Å². The average molecular weight is 15200 g/mol. The third kappa shape index (κ3) is 84.3. The zero-order valence-electron chi connectivity index (χ0n) is 45.4. The van der Waals surface area contributed by atoms with E-state index in [1.807, 2.05) is 0 Å². The summed E-state index contributed by atoms with van der Waals surface area (Å²) >= 11 is 208. The summed E-state index contributed by atoms with van der Waals surface area (Å²) in [6.07, 6.45) is 0. The Labute approximate surface area is 1500 Å². The van der Waals surface area contributed by atoms with Crippen LogP contribution in [0.5, 0.6) is 0 Å². The topological polar surface area (TPSA) is 0 Å². The van der Waals surface area contributed by atoms with Crippen molar-refractivity contribution in [2.75, 3.05) is 0 Å². The van der Waals surface area contributed by atoms with E-state index in [-0.39, 0.29) is 0 Å². The van der Waals surface area contributed by atoms with Crippen molar-refractivity contribution in [1.29, 1.82) is 0 Å². The van der Waals surface area contributed by atoms with Gasteiger partial charge in [0.05, 0.1) is 0 Å². The second kappa shape index (κ2) is 125. The van der Waals surface area contributed by atoms with E-state index in [9.17, 15) is 0 Å². The molecule has 0 radical (unpaired) electrons. The molecule has 840 valence electrons. The fraction of sp³-hybridized carbons (Fsp3) is 0. The first-order valence-corrected chi connectivity index (χ1v) is 765. The predicted molar refractivity (Wildman–Crippen MR) is 1680 cm³/mol. The second-order valence-electron chi connectivity index (χ2n) is 9.56. The van der Waals surface area contributed by atoms with Crippen LogP contribution in [0.15, 0.2) is 0 Å². The van der Waals surface area contributed by atoms with Gasteiger partial charge in [0.2, 0.25) is 0 Å². The van der Waals surface area contributed by atoms with Crippen molar-refractivity contribution in [3.8, 4) is 0 Å². The number of hydrogen-bond donors (Lipinski definition) is 0. The molecule has 0 bridgehead atoms. The molecule has 0 heterocycles. The summed E-state index contributed by atoms with van der Waals surface area (Å²) in [7, 11) is -37.2. The predicted octanol–water partition coefficient (Wildman–Crippen LogP) is 106. The van der Waals surface area contributed by atoms with E-state index in [1.54, 1.807) is 0 Å². The van der Waals surface area contributed by atoms with Gasteiger partial charge in [-0.3, -0.25) is 0 Å². The normalized spacial score (nSPS) is 19.2. The zero-order chi connectivity index (χ0) is 95.1. The third-order valence-corrected chi connectivity index (χ3v) is 9590. The van der Waals surface area contributed by atoms with Crippen LogP contribution in [0.1, 0.15) is 0 Å². The summed E-state index contributed by atoms with van der Waals surface area (Å²) in [5.74, 6) is 0. The van der Waals surface area contributed by atoms with Gasteiger partial charge in [0.1, 0.15) is 0 Å². The molecule has 0 fully saturated rings. The van der Waals surface area contributed by atoms with E-state index in [2.05, 4.69) is 1140 Å².